The molecule has 104 valence electrons. The molecule has 0 radical (unpaired) electrons. The maximum Gasteiger partial charge on any atom is 0.256 e. The number of benzene rings is 1. The summed E-state index contributed by atoms with van der Waals surface area (Å²) in [6.07, 6.45) is 1.27. The summed E-state index contributed by atoms with van der Waals surface area (Å²) in [6, 6.07) is 7.84. The second-order valence-electron chi connectivity index (χ2n) is 5.39. The highest BCUT2D eigenvalue weighted by Gasteiger charge is 2.24. The predicted octanol–water partition coefficient (Wildman–Crippen LogP) is 2.10. The summed E-state index contributed by atoms with van der Waals surface area (Å²) in [6.45, 7) is 5.26. The van der Waals surface area contributed by atoms with Crippen molar-refractivity contribution in [3.63, 3.8) is 0 Å². The van der Waals surface area contributed by atoms with Crippen molar-refractivity contribution in [2.24, 2.45) is 0 Å². The normalized spacial score (nSPS) is 19.6. The molecule has 2 rings (SSSR count). The second kappa shape index (κ2) is 6.06. The lowest BCUT2D eigenvalue weighted by molar-refractivity contribution is 0.0474. The van der Waals surface area contributed by atoms with Crippen LogP contribution in [-0.2, 0) is 0 Å². The number of nitrogens with one attached hydrogen (secondary N) is 1. The van der Waals surface area contributed by atoms with Gasteiger partial charge in [0.05, 0.1) is 11.7 Å². The number of β-amino-alcohol motifs (C(OH)–C–C–N with tert-alkyl or cyclic N) is 1. The zero-order chi connectivity index (χ0) is 13.8. The molecule has 0 spiro atoms. The molecule has 0 bridgehead atoms. The van der Waals surface area contributed by atoms with Crippen molar-refractivity contribution in [3.8, 4) is 0 Å². The number of rotatable bonds is 3. The first-order valence-electron chi connectivity index (χ1n) is 6.91. The van der Waals surface area contributed by atoms with Gasteiger partial charge in [-0.1, -0.05) is 12.1 Å². The van der Waals surface area contributed by atoms with Crippen LogP contribution in [-0.4, -0.2) is 41.1 Å². The molecule has 0 aliphatic carbocycles. The maximum atomic E-state index is 12.5. The van der Waals surface area contributed by atoms with E-state index in [1.807, 2.05) is 38.1 Å². The van der Waals surface area contributed by atoms with Crippen molar-refractivity contribution in [1.82, 2.24) is 4.90 Å². The number of carbonyl (C=O) groups excluding carboxylic acids is 1. The molecule has 4 heteroatoms. The topological polar surface area (TPSA) is 52.6 Å². The molecular weight excluding hydrogens is 240 g/mol. The first-order valence-corrected chi connectivity index (χ1v) is 6.91. The molecule has 1 aromatic carbocycles. The Labute approximate surface area is 114 Å². The van der Waals surface area contributed by atoms with Crippen LogP contribution in [0, 0.1) is 0 Å². The molecule has 1 aliphatic rings. The lowest BCUT2D eigenvalue weighted by atomic mass is 10.1. The molecule has 4 nitrogen and oxygen atoms in total. The van der Waals surface area contributed by atoms with E-state index in [0.29, 0.717) is 12.1 Å². The molecule has 19 heavy (non-hydrogen) atoms. The molecule has 1 amide bonds. The van der Waals surface area contributed by atoms with Crippen LogP contribution < -0.4 is 5.32 Å². The van der Waals surface area contributed by atoms with E-state index >= 15 is 0 Å². The number of nitrogens with zero attached hydrogens (tertiary/aromatic N) is 1. The van der Waals surface area contributed by atoms with Gasteiger partial charge in [-0.15, -0.1) is 0 Å². The Morgan fingerprint density at radius 3 is 2.84 bits per heavy atom. The molecule has 1 saturated heterocycles. The molecule has 1 heterocycles. The fourth-order valence-electron chi connectivity index (χ4n) is 2.42. The highest BCUT2D eigenvalue weighted by Crippen LogP contribution is 2.20. The van der Waals surface area contributed by atoms with Crippen LogP contribution in [0.2, 0.25) is 0 Å². The third kappa shape index (κ3) is 3.47. The van der Waals surface area contributed by atoms with Crippen molar-refractivity contribution in [2.75, 3.05) is 18.4 Å². The van der Waals surface area contributed by atoms with E-state index < -0.39 is 0 Å². The summed E-state index contributed by atoms with van der Waals surface area (Å²) >= 11 is 0. The first-order chi connectivity index (χ1) is 9.08. The van der Waals surface area contributed by atoms with E-state index in [2.05, 4.69) is 5.32 Å². The quantitative estimate of drug-likeness (QED) is 0.877. The number of aliphatic hydroxyl groups is 1. The Balaban J connectivity index is 2.18. The van der Waals surface area contributed by atoms with Gasteiger partial charge in [-0.25, -0.2) is 0 Å². The fraction of sp³-hybridized carbons (Fsp3) is 0.533. The maximum absolute atomic E-state index is 12.5. The lowest BCUT2D eigenvalue weighted by Gasteiger charge is -2.30. The molecule has 1 atom stereocenters. The van der Waals surface area contributed by atoms with Crippen LogP contribution >= 0.6 is 0 Å². The third-order valence-electron chi connectivity index (χ3n) is 3.29. The molecule has 0 unspecified atom stereocenters. The van der Waals surface area contributed by atoms with Crippen molar-refractivity contribution in [2.45, 2.75) is 38.8 Å². The number of piperidine rings is 1. The lowest BCUT2D eigenvalue weighted by Crippen LogP contribution is -2.42. The van der Waals surface area contributed by atoms with Crippen molar-refractivity contribution in [1.29, 1.82) is 0 Å². The summed E-state index contributed by atoms with van der Waals surface area (Å²) < 4.78 is 0. The highest BCUT2D eigenvalue weighted by molar-refractivity contribution is 5.99. The van der Waals surface area contributed by atoms with Gasteiger partial charge in [0.15, 0.2) is 0 Å². The number of amides is 1. The zero-order valence-corrected chi connectivity index (χ0v) is 11.6. The number of hydrogen-bond acceptors (Lipinski definition) is 3. The molecule has 0 saturated carbocycles. The number of hydrogen-bond donors (Lipinski definition) is 2. The zero-order valence-electron chi connectivity index (χ0n) is 11.6. The monoisotopic (exact) mass is 262 g/mol. The molecule has 1 aliphatic heterocycles. The van der Waals surface area contributed by atoms with Gasteiger partial charge in [0.1, 0.15) is 0 Å². The van der Waals surface area contributed by atoms with E-state index in [4.69, 9.17) is 0 Å². The van der Waals surface area contributed by atoms with E-state index in [9.17, 15) is 9.90 Å². The minimum Gasteiger partial charge on any atom is -0.391 e. The van der Waals surface area contributed by atoms with Gasteiger partial charge < -0.3 is 15.3 Å². The molecular formula is C15H22N2O2. The van der Waals surface area contributed by atoms with Crippen LogP contribution in [0.1, 0.15) is 37.0 Å². The highest BCUT2D eigenvalue weighted by atomic mass is 16.3. The predicted molar refractivity (Wildman–Crippen MR) is 76.3 cm³/mol. The van der Waals surface area contributed by atoms with Crippen molar-refractivity contribution in [3.05, 3.63) is 29.8 Å². The minimum atomic E-state index is -0.386. The number of carbonyl (C=O) groups is 1. The Hall–Kier alpha value is -1.55. The Morgan fingerprint density at radius 1 is 1.42 bits per heavy atom. The summed E-state index contributed by atoms with van der Waals surface area (Å²) in [4.78, 5) is 14.3. The smallest absolute Gasteiger partial charge is 0.256 e. The standard InChI is InChI=1S/C15H22N2O2/c1-11(2)16-14-8-4-3-7-13(14)15(19)17-9-5-6-12(18)10-17/h3-4,7-8,11-12,16,18H,5-6,9-10H2,1-2H3/t12-/m0/s1. The van der Waals surface area contributed by atoms with Gasteiger partial charge in [0, 0.05) is 24.8 Å². The van der Waals surface area contributed by atoms with Crippen molar-refractivity contribution < 1.29 is 9.90 Å². The van der Waals surface area contributed by atoms with Crippen LogP contribution in [0.4, 0.5) is 5.69 Å². The number of para-hydroxylation sites is 1. The number of anilines is 1. The average Bonchev–Trinajstić information content (AvgIpc) is 2.38. The van der Waals surface area contributed by atoms with E-state index in [1.54, 1.807) is 4.90 Å². The van der Waals surface area contributed by atoms with E-state index in [1.165, 1.54) is 0 Å². The van der Waals surface area contributed by atoms with Gasteiger partial charge in [0.25, 0.3) is 5.91 Å². The van der Waals surface area contributed by atoms with Crippen LogP contribution in [0.25, 0.3) is 0 Å². The van der Waals surface area contributed by atoms with Gasteiger partial charge in [-0.05, 0) is 38.8 Å². The van der Waals surface area contributed by atoms with E-state index in [0.717, 1.165) is 25.1 Å². The van der Waals surface area contributed by atoms with Crippen LogP contribution in [0.15, 0.2) is 24.3 Å². The fourth-order valence-corrected chi connectivity index (χ4v) is 2.42. The summed E-state index contributed by atoms with van der Waals surface area (Å²) in [5, 5.41) is 13.0. The summed E-state index contributed by atoms with van der Waals surface area (Å²) in [7, 11) is 0. The number of aliphatic hydroxyl groups excluding tert-OH is 1. The molecule has 1 aromatic rings. The minimum absolute atomic E-state index is 0.00231. The van der Waals surface area contributed by atoms with Gasteiger partial charge in [0.2, 0.25) is 0 Å². The molecule has 2 N–H and O–H groups in total. The van der Waals surface area contributed by atoms with Crippen molar-refractivity contribution >= 4 is 11.6 Å². The largest absolute Gasteiger partial charge is 0.391 e. The Morgan fingerprint density at radius 2 is 2.16 bits per heavy atom. The Bertz CT molecular complexity index is 446. The van der Waals surface area contributed by atoms with Gasteiger partial charge in [-0.2, -0.15) is 0 Å². The van der Waals surface area contributed by atoms with Crippen LogP contribution in [0.3, 0.4) is 0 Å². The van der Waals surface area contributed by atoms with Crippen LogP contribution in [0.5, 0.6) is 0 Å². The molecule has 1 fully saturated rings. The summed E-state index contributed by atoms with van der Waals surface area (Å²) in [5.74, 6) is 0.00231. The SMILES string of the molecule is CC(C)Nc1ccccc1C(=O)N1CCC[C@H](O)C1. The number of likely N-dealkylation sites (tertiary alicyclic amines) is 1. The average molecular weight is 262 g/mol. The van der Waals surface area contributed by atoms with Gasteiger partial charge >= 0.3 is 0 Å². The Kier molecular flexibility index (Phi) is 4.43. The molecule has 0 aromatic heterocycles. The van der Waals surface area contributed by atoms with Gasteiger partial charge in [-0.3, -0.25) is 4.79 Å². The van der Waals surface area contributed by atoms with E-state index in [-0.39, 0.29) is 18.1 Å². The third-order valence-corrected chi connectivity index (χ3v) is 3.29. The first kappa shape index (κ1) is 13.9. The second-order valence-corrected chi connectivity index (χ2v) is 5.39. The summed E-state index contributed by atoms with van der Waals surface area (Å²) in [5.41, 5.74) is 1.55.